The zero-order valence-corrected chi connectivity index (χ0v) is 11.0. The predicted octanol–water partition coefficient (Wildman–Crippen LogP) is 3.89. The Morgan fingerprint density at radius 3 is 2.05 bits per heavy atom. The molecule has 104 valence electrons. The smallest absolute Gasteiger partial charge is 0.299 e. The quantitative estimate of drug-likeness (QED) is 0.618. The van der Waals surface area contributed by atoms with Gasteiger partial charge in [-0.3, -0.25) is 9.59 Å². The number of hydrogen-bond donors (Lipinski definition) is 0. The molecule has 19 heavy (non-hydrogen) atoms. The van der Waals surface area contributed by atoms with Gasteiger partial charge < -0.3 is 0 Å². The summed E-state index contributed by atoms with van der Waals surface area (Å²) >= 11 is 0. The van der Waals surface area contributed by atoms with E-state index < -0.39 is 34.9 Å². The number of carbonyl (C=O) groups excluding carboxylic acids is 2. The standard InChI is InChI=1S/C14H15F3O2/c1-13(2,3)12(19)8-11(18)9-6-4-5-7-10(9)14(15,16)17/h4-7H,8H2,1-3H3. The first kappa shape index (κ1) is 15.4. The van der Waals surface area contributed by atoms with Crippen molar-refractivity contribution < 1.29 is 22.8 Å². The van der Waals surface area contributed by atoms with Gasteiger partial charge in [-0.05, 0) is 6.07 Å². The second-order valence-corrected chi connectivity index (χ2v) is 5.32. The van der Waals surface area contributed by atoms with Gasteiger partial charge in [0.05, 0.1) is 12.0 Å². The highest BCUT2D eigenvalue weighted by Crippen LogP contribution is 2.32. The van der Waals surface area contributed by atoms with Gasteiger partial charge in [0.25, 0.3) is 0 Å². The van der Waals surface area contributed by atoms with Crippen LogP contribution in [0.5, 0.6) is 0 Å². The van der Waals surface area contributed by atoms with Crippen molar-refractivity contribution in [1.29, 1.82) is 0 Å². The van der Waals surface area contributed by atoms with Crippen molar-refractivity contribution >= 4 is 11.6 Å². The number of alkyl halides is 3. The van der Waals surface area contributed by atoms with Crippen LogP contribution in [0, 0.1) is 5.41 Å². The van der Waals surface area contributed by atoms with E-state index in [1.165, 1.54) is 12.1 Å². The minimum atomic E-state index is -4.60. The number of benzene rings is 1. The van der Waals surface area contributed by atoms with Crippen LogP contribution in [0.2, 0.25) is 0 Å². The molecule has 0 amide bonds. The van der Waals surface area contributed by atoms with Crippen LogP contribution in [0.1, 0.15) is 43.1 Å². The third-order valence-electron chi connectivity index (χ3n) is 2.69. The summed E-state index contributed by atoms with van der Waals surface area (Å²) in [5, 5.41) is 0. The fraction of sp³-hybridized carbons (Fsp3) is 0.429. The number of hydrogen-bond acceptors (Lipinski definition) is 2. The first-order valence-electron chi connectivity index (χ1n) is 5.76. The van der Waals surface area contributed by atoms with Crippen molar-refractivity contribution in [3.05, 3.63) is 35.4 Å². The van der Waals surface area contributed by atoms with Crippen molar-refractivity contribution in [1.82, 2.24) is 0 Å². The number of rotatable bonds is 3. The molecule has 5 heteroatoms. The van der Waals surface area contributed by atoms with Gasteiger partial charge in [-0.2, -0.15) is 13.2 Å². The molecule has 0 bridgehead atoms. The molecule has 2 nitrogen and oxygen atoms in total. The number of carbonyl (C=O) groups is 2. The Morgan fingerprint density at radius 1 is 1.05 bits per heavy atom. The van der Waals surface area contributed by atoms with Crippen LogP contribution in [0.4, 0.5) is 13.2 Å². The molecule has 0 atom stereocenters. The summed E-state index contributed by atoms with van der Waals surface area (Å²) in [6.07, 6.45) is -5.12. The highest BCUT2D eigenvalue weighted by Gasteiger charge is 2.35. The molecule has 0 unspecified atom stereocenters. The number of halogens is 3. The first-order valence-corrected chi connectivity index (χ1v) is 5.76. The van der Waals surface area contributed by atoms with Crippen LogP contribution < -0.4 is 0 Å². The molecule has 0 radical (unpaired) electrons. The van der Waals surface area contributed by atoms with Gasteiger partial charge in [0.15, 0.2) is 5.78 Å². The zero-order valence-electron chi connectivity index (χ0n) is 11.0. The Hall–Kier alpha value is -1.65. The van der Waals surface area contributed by atoms with Crippen LogP contribution in [0.25, 0.3) is 0 Å². The van der Waals surface area contributed by atoms with E-state index in [4.69, 9.17) is 0 Å². The van der Waals surface area contributed by atoms with Crippen LogP contribution >= 0.6 is 0 Å². The van der Waals surface area contributed by atoms with Crippen molar-refractivity contribution in [2.24, 2.45) is 5.41 Å². The molecule has 0 heterocycles. The van der Waals surface area contributed by atoms with E-state index in [1.54, 1.807) is 20.8 Å². The third-order valence-corrected chi connectivity index (χ3v) is 2.69. The Bertz CT molecular complexity index is 496. The van der Waals surface area contributed by atoms with Crippen LogP contribution in [-0.2, 0) is 11.0 Å². The van der Waals surface area contributed by atoms with E-state index in [-0.39, 0.29) is 5.78 Å². The summed E-state index contributed by atoms with van der Waals surface area (Å²) in [6, 6.07) is 4.51. The van der Waals surface area contributed by atoms with Gasteiger partial charge in [0.1, 0.15) is 5.78 Å². The van der Waals surface area contributed by atoms with Crippen molar-refractivity contribution in [2.45, 2.75) is 33.4 Å². The molecule has 0 N–H and O–H groups in total. The largest absolute Gasteiger partial charge is 0.417 e. The Morgan fingerprint density at radius 2 is 1.58 bits per heavy atom. The Kier molecular flexibility index (Phi) is 4.18. The topological polar surface area (TPSA) is 34.1 Å². The molecular formula is C14H15F3O2. The molecule has 0 aliphatic rings. The van der Waals surface area contributed by atoms with Gasteiger partial charge in [-0.15, -0.1) is 0 Å². The fourth-order valence-electron chi connectivity index (χ4n) is 1.48. The lowest BCUT2D eigenvalue weighted by molar-refractivity contribution is -0.138. The average Bonchev–Trinajstić information content (AvgIpc) is 2.26. The predicted molar refractivity (Wildman–Crippen MR) is 64.9 cm³/mol. The maximum atomic E-state index is 12.7. The Labute approximate surface area is 109 Å². The highest BCUT2D eigenvalue weighted by atomic mass is 19.4. The van der Waals surface area contributed by atoms with Crippen molar-refractivity contribution in [3.8, 4) is 0 Å². The summed E-state index contributed by atoms with van der Waals surface area (Å²) in [6.45, 7) is 4.87. The second kappa shape index (κ2) is 5.15. The van der Waals surface area contributed by atoms with E-state index in [2.05, 4.69) is 0 Å². The van der Waals surface area contributed by atoms with Crippen molar-refractivity contribution in [3.63, 3.8) is 0 Å². The molecule has 0 spiro atoms. The zero-order chi connectivity index (χ0) is 14.8. The number of ketones is 2. The molecule has 0 saturated carbocycles. The minimum Gasteiger partial charge on any atom is -0.299 e. The molecule has 0 aliphatic carbocycles. The fourth-order valence-corrected chi connectivity index (χ4v) is 1.48. The third kappa shape index (κ3) is 3.91. The molecule has 0 fully saturated rings. The van der Waals surface area contributed by atoms with E-state index >= 15 is 0 Å². The lowest BCUT2D eigenvalue weighted by Gasteiger charge is -2.17. The molecule has 1 aromatic rings. The lowest BCUT2D eigenvalue weighted by atomic mass is 9.86. The SMILES string of the molecule is CC(C)(C)C(=O)CC(=O)c1ccccc1C(F)(F)F. The number of Topliss-reactive ketones (excluding diaryl/α,β-unsaturated/α-hetero) is 2. The van der Waals surface area contributed by atoms with Crippen LogP contribution in [0.15, 0.2) is 24.3 Å². The van der Waals surface area contributed by atoms with Crippen LogP contribution in [-0.4, -0.2) is 11.6 Å². The summed E-state index contributed by atoms with van der Waals surface area (Å²) in [5.41, 5.74) is -2.20. The maximum absolute atomic E-state index is 12.7. The second-order valence-electron chi connectivity index (χ2n) is 5.32. The molecule has 0 aromatic heterocycles. The molecule has 1 rings (SSSR count). The van der Waals surface area contributed by atoms with E-state index in [9.17, 15) is 22.8 Å². The van der Waals surface area contributed by atoms with Crippen molar-refractivity contribution in [2.75, 3.05) is 0 Å². The van der Waals surface area contributed by atoms with Gasteiger partial charge in [0.2, 0.25) is 0 Å². The first-order chi connectivity index (χ1) is 8.53. The van der Waals surface area contributed by atoms with E-state index in [0.29, 0.717) is 0 Å². The van der Waals surface area contributed by atoms with Gasteiger partial charge in [-0.1, -0.05) is 39.0 Å². The monoisotopic (exact) mass is 272 g/mol. The highest BCUT2D eigenvalue weighted by molar-refractivity contribution is 6.10. The van der Waals surface area contributed by atoms with Gasteiger partial charge in [-0.25, -0.2) is 0 Å². The maximum Gasteiger partial charge on any atom is 0.417 e. The lowest BCUT2D eigenvalue weighted by Crippen LogP contribution is -2.24. The molecule has 1 aromatic carbocycles. The Balaban J connectivity index is 3.05. The average molecular weight is 272 g/mol. The van der Waals surface area contributed by atoms with E-state index in [0.717, 1.165) is 12.1 Å². The molecular weight excluding hydrogens is 257 g/mol. The van der Waals surface area contributed by atoms with E-state index in [1.807, 2.05) is 0 Å². The minimum absolute atomic E-state index is 0.380. The summed E-state index contributed by atoms with van der Waals surface area (Å²) in [7, 11) is 0. The normalized spacial score (nSPS) is 12.3. The summed E-state index contributed by atoms with van der Waals surface area (Å²) in [5.74, 6) is -1.18. The summed E-state index contributed by atoms with van der Waals surface area (Å²) in [4.78, 5) is 23.6. The summed E-state index contributed by atoms with van der Waals surface area (Å²) < 4.78 is 38.2. The van der Waals surface area contributed by atoms with Gasteiger partial charge in [0, 0.05) is 11.0 Å². The van der Waals surface area contributed by atoms with Gasteiger partial charge >= 0.3 is 6.18 Å². The molecule has 0 aliphatic heterocycles. The molecule has 0 saturated heterocycles. The van der Waals surface area contributed by atoms with Crippen LogP contribution in [0.3, 0.4) is 0 Å².